The van der Waals surface area contributed by atoms with E-state index in [0.29, 0.717) is 23.7 Å². The topological polar surface area (TPSA) is 32.7 Å². The van der Waals surface area contributed by atoms with Gasteiger partial charge in [-0.15, -0.1) is 0 Å². The van der Waals surface area contributed by atoms with Crippen molar-refractivity contribution < 1.29 is 4.79 Å². The molecule has 3 heterocycles. The molecule has 0 N–H and O–H groups in total. The number of carbonyl (C=O) groups is 1. The zero-order valence-electron chi connectivity index (χ0n) is 10.0. The molecule has 1 spiro atoms. The Morgan fingerprint density at radius 2 is 2.35 bits per heavy atom. The first-order valence-electron chi connectivity index (χ1n) is 6.79. The maximum Gasteiger partial charge on any atom is 0.135 e. The molecule has 0 aromatic rings. The first kappa shape index (κ1) is 9.86. The summed E-state index contributed by atoms with van der Waals surface area (Å²) in [5.41, 5.74) is 0.0573. The molecule has 0 aromatic heterocycles. The highest BCUT2D eigenvalue weighted by atomic mass is 16.1. The Morgan fingerprint density at radius 3 is 3.29 bits per heavy atom. The van der Waals surface area contributed by atoms with E-state index in [-0.39, 0.29) is 5.54 Å². The first-order valence-corrected chi connectivity index (χ1v) is 6.79. The van der Waals surface area contributed by atoms with Crippen LogP contribution in [-0.4, -0.2) is 35.0 Å². The fourth-order valence-corrected chi connectivity index (χ4v) is 4.53. The highest BCUT2D eigenvalue weighted by Crippen LogP contribution is 2.52. The standard InChI is InChI=1S/C14H18N2O/c17-12-2-1-11-5-8-16-7-4-10-3-6-15-13(10)14(11,16)9-12/h4,6-7,10-11,13H,1-3,5,8-9H2. The lowest BCUT2D eigenvalue weighted by Gasteiger charge is -2.51. The Morgan fingerprint density at radius 1 is 1.41 bits per heavy atom. The molecule has 1 saturated heterocycles. The second kappa shape index (κ2) is 3.21. The van der Waals surface area contributed by atoms with Crippen molar-refractivity contribution in [3.63, 3.8) is 0 Å². The Bertz CT molecular complexity index is 428. The summed E-state index contributed by atoms with van der Waals surface area (Å²) < 4.78 is 0. The molecule has 1 saturated carbocycles. The van der Waals surface area contributed by atoms with Crippen LogP contribution in [0.25, 0.3) is 0 Å². The molecule has 1 aliphatic carbocycles. The molecule has 0 bridgehead atoms. The third-order valence-electron chi connectivity index (χ3n) is 5.29. The molecule has 0 amide bonds. The molecule has 3 nitrogen and oxygen atoms in total. The molecule has 17 heavy (non-hydrogen) atoms. The zero-order chi connectivity index (χ0) is 11.5. The van der Waals surface area contributed by atoms with E-state index in [9.17, 15) is 4.79 Å². The number of rotatable bonds is 0. The average molecular weight is 230 g/mol. The minimum atomic E-state index is 0.0573. The number of carbonyl (C=O) groups excluding carboxylic acids is 1. The summed E-state index contributed by atoms with van der Waals surface area (Å²) in [6.07, 6.45) is 11.6. The predicted octanol–water partition coefficient (Wildman–Crippen LogP) is 1.79. The fourth-order valence-electron chi connectivity index (χ4n) is 4.53. The number of hydrogen-bond acceptors (Lipinski definition) is 3. The third kappa shape index (κ3) is 1.12. The zero-order valence-corrected chi connectivity index (χ0v) is 10.0. The summed E-state index contributed by atoms with van der Waals surface area (Å²) in [6.45, 7) is 1.12. The molecule has 4 atom stereocenters. The van der Waals surface area contributed by atoms with Gasteiger partial charge in [-0.25, -0.2) is 0 Å². The molecule has 3 heteroatoms. The molecule has 4 unspecified atom stereocenters. The van der Waals surface area contributed by atoms with Gasteiger partial charge in [-0.05, 0) is 37.6 Å². The summed E-state index contributed by atoms with van der Waals surface area (Å²) in [5.74, 6) is 1.69. The van der Waals surface area contributed by atoms with Crippen LogP contribution in [0.3, 0.4) is 0 Å². The molecule has 3 aliphatic heterocycles. The van der Waals surface area contributed by atoms with Crippen LogP contribution in [0.1, 0.15) is 32.1 Å². The van der Waals surface area contributed by atoms with Crippen molar-refractivity contribution in [3.8, 4) is 0 Å². The summed E-state index contributed by atoms with van der Waals surface area (Å²) in [7, 11) is 0. The lowest BCUT2D eigenvalue weighted by atomic mass is 9.65. The van der Waals surface area contributed by atoms with E-state index in [0.717, 1.165) is 32.2 Å². The Balaban J connectivity index is 1.83. The molecular formula is C14H18N2O. The number of Topliss-reactive ketones (excluding diaryl/α,β-unsaturated/α-hetero) is 1. The van der Waals surface area contributed by atoms with Gasteiger partial charge in [0.2, 0.25) is 0 Å². The average Bonchev–Trinajstić information content (AvgIpc) is 2.90. The molecular weight excluding hydrogens is 212 g/mol. The summed E-state index contributed by atoms with van der Waals surface area (Å²) in [5, 5.41) is 0. The number of aliphatic imine (C=N–C) groups is 1. The van der Waals surface area contributed by atoms with E-state index >= 15 is 0 Å². The Labute approximate surface area is 102 Å². The van der Waals surface area contributed by atoms with Gasteiger partial charge in [0.05, 0.1) is 11.6 Å². The number of fused-ring (bicyclic) bond motifs is 1. The second-order valence-electron chi connectivity index (χ2n) is 5.94. The molecule has 0 radical (unpaired) electrons. The van der Waals surface area contributed by atoms with Gasteiger partial charge in [0.25, 0.3) is 0 Å². The summed E-state index contributed by atoms with van der Waals surface area (Å²) in [4.78, 5) is 19.1. The maximum atomic E-state index is 11.9. The molecule has 4 rings (SSSR count). The van der Waals surface area contributed by atoms with Crippen molar-refractivity contribution >= 4 is 12.0 Å². The van der Waals surface area contributed by atoms with Crippen LogP contribution >= 0.6 is 0 Å². The van der Waals surface area contributed by atoms with Crippen molar-refractivity contribution in [3.05, 3.63) is 12.3 Å². The SMILES string of the molecule is O=C1CCC2CCN3C=CC4CC=NC4C23C1. The van der Waals surface area contributed by atoms with Crippen LogP contribution in [0, 0.1) is 11.8 Å². The second-order valence-corrected chi connectivity index (χ2v) is 5.94. The summed E-state index contributed by atoms with van der Waals surface area (Å²) in [6, 6.07) is 0.351. The third-order valence-corrected chi connectivity index (χ3v) is 5.29. The van der Waals surface area contributed by atoms with Crippen molar-refractivity contribution in [2.24, 2.45) is 16.8 Å². The van der Waals surface area contributed by atoms with Crippen molar-refractivity contribution in [2.75, 3.05) is 6.54 Å². The molecule has 4 aliphatic rings. The number of ketones is 1. The van der Waals surface area contributed by atoms with Crippen molar-refractivity contribution in [2.45, 2.75) is 43.7 Å². The van der Waals surface area contributed by atoms with Crippen molar-refractivity contribution in [1.29, 1.82) is 0 Å². The Hall–Kier alpha value is -1.12. The first-order chi connectivity index (χ1) is 8.30. The van der Waals surface area contributed by atoms with E-state index in [1.54, 1.807) is 0 Å². The van der Waals surface area contributed by atoms with Gasteiger partial charge in [0.15, 0.2) is 0 Å². The lowest BCUT2D eigenvalue weighted by Crippen LogP contribution is -2.60. The van der Waals surface area contributed by atoms with Gasteiger partial charge in [-0.1, -0.05) is 6.08 Å². The number of hydrogen-bond donors (Lipinski definition) is 0. The van der Waals surface area contributed by atoms with E-state index in [1.165, 1.54) is 6.42 Å². The van der Waals surface area contributed by atoms with Crippen LogP contribution in [0.4, 0.5) is 0 Å². The monoisotopic (exact) mass is 230 g/mol. The normalized spacial score (nSPS) is 46.9. The van der Waals surface area contributed by atoms with E-state index in [1.807, 2.05) is 0 Å². The van der Waals surface area contributed by atoms with Gasteiger partial charge in [0, 0.05) is 25.3 Å². The minimum Gasteiger partial charge on any atom is -0.369 e. The lowest BCUT2D eigenvalue weighted by molar-refractivity contribution is -0.126. The minimum absolute atomic E-state index is 0.0573. The van der Waals surface area contributed by atoms with Gasteiger partial charge >= 0.3 is 0 Å². The Kier molecular flexibility index (Phi) is 1.86. The van der Waals surface area contributed by atoms with Crippen LogP contribution in [0.5, 0.6) is 0 Å². The fraction of sp³-hybridized carbons (Fsp3) is 0.714. The molecule has 0 aromatic carbocycles. The van der Waals surface area contributed by atoms with E-state index < -0.39 is 0 Å². The van der Waals surface area contributed by atoms with Gasteiger partial charge < -0.3 is 4.90 Å². The maximum absolute atomic E-state index is 11.9. The van der Waals surface area contributed by atoms with Crippen LogP contribution < -0.4 is 0 Å². The quantitative estimate of drug-likeness (QED) is 0.635. The van der Waals surface area contributed by atoms with Gasteiger partial charge in [0.1, 0.15) is 5.78 Å². The molecule has 90 valence electrons. The van der Waals surface area contributed by atoms with Gasteiger partial charge in [-0.3, -0.25) is 9.79 Å². The van der Waals surface area contributed by atoms with E-state index in [2.05, 4.69) is 23.4 Å². The highest BCUT2D eigenvalue weighted by molar-refractivity contribution is 5.81. The summed E-state index contributed by atoms with van der Waals surface area (Å²) >= 11 is 0. The van der Waals surface area contributed by atoms with Crippen LogP contribution in [0.2, 0.25) is 0 Å². The number of nitrogens with zero attached hydrogens (tertiary/aromatic N) is 2. The van der Waals surface area contributed by atoms with Gasteiger partial charge in [-0.2, -0.15) is 0 Å². The van der Waals surface area contributed by atoms with Crippen molar-refractivity contribution in [1.82, 2.24) is 4.90 Å². The smallest absolute Gasteiger partial charge is 0.135 e. The van der Waals surface area contributed by atoms with Crippen LogP contribution in [-0.2, 0) is 4.79 Å². The predicted molar refractivity (Wildman–Crippen MR) is 65.9 cm³/mol. The highest BCUT2D eigenvalue weighted by Gasteiger charge is 2.58. The van der Waals surface area contributed by atoms with E-state index in [4.69, 9.17) is 4.99 Å². The molecule has 2 fully saturated rings. The van der Waals surface area contributed by atoms with Crippen LogP contribution in [0.15, 0.2) is 17.3 Å². The largest absolute Gasteiger partial charge is 0.369 e.